The van der Waals surface area contributed by atoms with Gasteiger partial charge in [0, 0.05) is 25.2 Å². The van der Waals surface area contributed by atoms with Gasteiger partial charge in [0.25, 0.3) is 5.69 Å². The van der Waals surface area contributed by atoms with Crippen molar-refractivity contribution in [1.29, 1.82) is 0 Å². The Hall–Kier alpha value is -1.71. The first-order valence-corrected chi connectivity index (χ1v) is 8.79. The van der Waals surface area contributed by atoms with Crippen LogP contribution in [0.25, 0.3) is 0 Å². The molecule has 0 amide bonds. The lowest BCUT2D eigenvalue weighted by atomic mass is 9.79. The van der Waals surface area contributed by atoms with Crippen molar-refractivity contribution in [2.45, 2.75) is 31.2 Å². The van der Waals surface area contributed by atoms with Crippen LogP contribution in [-0.2, 0) is 10.0 Å². The van der Waals surface area contributed by atoms with Crippen LogP contribution >= 0.6 is 0 Å². The van der Waals surface area contributed by atoms with E-state index >= 15 is 0 Å². The summed E-state index contributed by atoms with van der Waals surface area (Å²) in [5, 5.41) is 11.4. The largest absolute Gasteiger partial charge is 0.365 e. The average Bonchev–Trinajstić information content (AvgIpc) is 2.49. The third-order valence-electron chi connectivity index (χ3n) is 4.38. The molecule has 0 spiro atoms. The molecule has 3 N–H and O–H groups in total. The smallest absolute Gasteiger partial charge is 0.293 e. The van der Waals surface area contributed by atoms with Gasteiger partial charge in [-0.1, -0.05) is 13.8 Å². The molecule has 128 valence electrons. The van der Waals surface area contributed by atoms with Crippen LogP contribution in [0.1, 0.15) is 20.3 Å². The van der Waals surface area contributed by atoms with E-state index in [0.29, 0.717) is 18.8 Å². The lowest BCUT2D eigenvalue weighted by Crippen LogP contribution is -2.52. The molecule has 0 radical (unpaired) electrons. The molecule has 1 fully saturated rings. The van der Waals surface area contributed by atoms with Gasteiger partial charge < -0.3 is 10.6 Å². The summed E-state index contributed by atoms with van der Waals surface area (Å²) in [6.07, 6.45) is 0.723. The van der Waals surface area contributed by atoms with Crippen molar-refractivity contribution in [3.8, 4) is 0 Å². The number of rotatable bonds is 4. The van der Waals surface area contributed by atoms with E-state index in [1.165, 1.54) is 19.2 Å². The van der Waals surface area contributed by atoms with Crippen molar-refractivity contribution in [2.75, 3.05) is 25.0 Å². The van der Waals surface area contributed by atoms with Crippen LogP contribution < -0.4 is 15.4 Å². The summed E-state index contributed by atoms with van der Waals surface area (Å²) in [6, 6.07) is 4.01. The second-order valence-electron chi connectivity index (χ2n) is 6.42. The highest BCUT2D eigenvalue weighted by Gasteiger charge is 2.35. The Bertz CT molecular complexity index is 717. The predicted molar refractivity (Wildman–Crippen MR) is 87.9 cm³/mol. The van der Waals surface area contributed by atoms with Gasteiger partial charge in [-0.05, 0) is 31.0 Å². The molecule has 1 aromatic carbocycles. The molecule has 1 heterocycles. The van der Waals surface area contributed by atoms with Gasteiger partial charge >= 0.3 is 0 Å². The fourth-order valence-electron chi connectivity index (χ4n) is 2.78. The Morgan fingerprint density at radius 2 is 2.09 bits per heavy atom. The molecule has 2 rings (SSSR count). The SMILES string of the molecule is CNS(=O)(=O)c1ccc(N2CCC(N)C(C)(C)C2)c([N+](=O)[O-])c1. The Morgan fingerprint density at radius 1 is 1.43 bits per heavy atom. The zero-order valence-electron chi connectivity index (χ0n) is 13.4. The van der Waals surface area contributed by atoms with E-state index in [-0.39, 0.29) is 22.0 Å². The zero-order chi connectivity index (χ0) is 17.4. The van der Waals surface area contributed by atoms with Gasteiger partial charge in [-0.15, -0.1) is 0 Å². The van der Waals surface area contributed by atoms with Crippen LogP contribution in [0.5, 0.6) is 0 Å². The van der Waals surface area contributed by atoms with Gasteiger partial charge in [-0.25, -0.2) is 13.1 Å². The molecule has 1 unspecified atom stereocenters. The molecule has 0 saturated carbocycles. The number of piperidine rings is 1. The quantitative estimate of drug-likeness (QED) is 0.624. The molecule has 0 aromatic heterocycles. The number of hydrogen-bond donors (Lipinski definition) is 2. The van der Waals surface area contributed by atoms with Crippen molar-refractivity contribution in [3.63, 3.8) is 0 Å². The maximum atomic E-state index is 11.8. The number of nitrogens with one attached hydrogen (secondary N) is 1. The third kappa shape index (κ3) is 3.46. The van der Waals surface area contributed by atoms with Gasteiger partial charge in [0.15, 0.2) is 0 Å². The fraction of sp³-hybridized carbons (Fsp3) is 0.571. The van der Waals surface area contributed by atoms with E-state index in [0.717, 1.165) is 12.5 Å². The van der Waals surface area contributed by atoms with Crippen molar-refractivity contribution in [1.82, 2.24) is 4.72 Å². The van der Waals surface area contributed by atoms with E-state index in [1.807, 2.05) is 18.7 Å². The van der Waals surface area contributed by atoms with E-state index < -0.39 is 14.9 Å². The Morgan fingerprint density at radius 3 is 2.61 bits per heavy atom. The number of anilines is 1. The first-order valence-electron chi connectivity index (χ1n) is 7.31. The molecule has 9 heteroatoms. The van der Waals surface area contributed by atoms with E-state index in [4.69, 9.17) is 5.73 Å². The van der Waals surface area contributed by atoms with Gasteiger partial charge in [-0.2, -0.15) is 0 Å². The molecule has 0 aliphatic carbocycles. The summed E-state index contributed by atoms with van der Waals surface area (Å²) in [7, 11) is -2.46. The maximum absolute atomic E-state index is 11.8. The first-order chi connectivity index (χ1) is 10.6. The minimum absolute atomic E-state index is 0.0294. The highest BCUT2D eigenvalue weighted by molar-refractivity contribution is 7.89. The zero-order valence-corrected chi connectivity index (χ0v) is 14.3. The van der Waals surface area contributed by atoms with Crippen LogP contribution in [0.2, 0.25) is 0 Å². The van der Waals surface area contributed by atoms with Crippen molar-refractivity contribution < 1.29 is 13.3 Å². The number of hydrogen-bond acceptors (Lipinski definition) is 6. The Kier molecular flexibility index (Phi) is 4.65. The second-order valence-corrected chi connectivity index (χ2v) is 8.31. The van der Waals surface area contributed by atoms with Crippen LogP contribution in [0, 0.1) is 15.5 Å². The molecule has 1 aromatic rings. The topological polar surface area (TPSA) is 119 Å². The van der Waals surface area contributed by atoms with Gasteiger partial charge in [0.1, 0.15) is 5.69 Å². The van der Waals surface area contributed by atoms with Crippen molar-refractivity contribution in [3.05, 3.63) is 28.3 Å². The summed E-state index contributed by atoms with van der Waals surface area (Å²) in [6.45, 7) is 5.22. The minimum atomic E-state index is -3.73. The molecule has 8 nitrogen and oxygen atoms in total. The lowest BCUT2D eigenvalue weighted by molar-refractivity contribution is -0.384. The van der Waals surface area contributed by atoms with Crippen LogP contribution in [0.4, 0.5) is 11.4 Å². The monoisotopic (exact) mass is 342 g/mol. The third-order valence-corrected chi connectivity index (χ3v) is 5.79. The Balaban J connectivity index is 2.46. The molecular formula is C14H22N4O4S. The number of sulfonamides is 1. The molecule has 23 heavy (non-hydrogen) atoms. The van der Waals surface area contributed by atoms with Crippen LogP contribution in [0.15, 0.2) is 23.1 Å². The molecule has 1 aliphatic heterocycles. The molecule has 0 bridgehead atoms. The normalized spacial score (nSPS) is 21.2. The second kappa shape index (κ2) is 6.06. The van der Waals surface area contributed by atoms with Gasteiger partial charge in [0.05, 0.1) is 9.82 Å². The highest BCUT2D eigenvalue weighted by Crippen LogP contribution is 2.36. The maximum Gasteiger partial charge on any atom is 0.293 e. The summed E-state index contributed by atoms with van der Waals surface area (Å²) in [5.41, 5.74) is 6.13. The summed E-state index contributed by atoms with van der Waals surface area (Å²) in [4.78, 5) is 12.6. The number of nitro benzene ring substituents is 1. The number of nitrogens with zero attached hydrogens (tertiary/aromatic N) is 2. The van der Waals surface area contributed by atoms with Crippen molar-refractivity contribution >= 4 is 21.4 Å². The van der Waals surface area contributed by atoms with Crippen LogP contribution in [0.3, 0.4) is 0 Å². The standard InChI is InChI=1S/C14H22N4O4S/c1-14(2)9-17(7-6-13(14)15)11-5-4-10(23(21,22)16-3)8-12(11)18(19)20/h4-5,8,13,16H,6-7,9,15H2,1-3H3. The van der Waals surface area contributed by atoms with Gasteiger partial charge in [-0.3, -0.25) is 10.1 Å². The molecule has 1 atom stereocenters. The number of benzene rings is 1. The average molecular weight is 342 g/mol. The molecule has 1 saturated heterocycles. The number of nitrogens with two attached hydrogens (primary N) is 1. The fourth-order valence-corrected chi connectivity index (χ4v) is 3.53. The van der Waals surface area contributed by atoms with Crippen LogP contribution in [-0.4, -0.2) is 39.5 Å². The summed E-state index contributed by atoms with van der Waals surface area (Å²) < 4.78 is 25.9. The van der Waals surface area contributed by atoms with Crippen molar-refractivity contribution in [2.24, 2.45) is 11.1 Å². The van der Waals surface area contributed by atoms with Gasteiger partial charge in [0.2, 0.25) is 10.0 Å². The molecular weight excluding hydrogens is 320 g/mol. The number of nitro groups is 1. The predicted octanol–water partition coefficient (Wildman–Crippen LogP) is 1.07. The summed E-state index contributed by atoms with van der Waals surface area (Å²) in [5.74, 6) is 0. The van der Waals surface area contributed by atoms with E-state index in [1.54, 1.807) is 0 Å². The molecule has 1 aliphatic rings. The van der Waals surface area contributed by atoms with E-state index in [9.17, 15) is 18.5 Å². The highest BCUT2D eigenvalue weighted by atomic mass is 32.2. The Labute approximate surface area is 135 Å². The summed E-state index contributed by atoms with van der Waals surface area (Å²) >= 11 is 0. The minimum Gasteiger partial charge on any atom is -0.365 e. The van der Waals surface area contributed by atoms with E-state index in [2.05, 4.69) is 4.72 Å². The lowest BCUT2D eigenvalue weighted by Gasteiger charge is -2.43. The first kappa shape index (κ1) is 17.6.